The number of aromatic nitrogens is 2. The zero-order valence-corrected chi connectivity index (χ0v) is 9.72. The molecule has 0 aliphatic rings. The number of hydrogen-bond donors (Lipinski definition) is 0. The molecule has 4 heteroatoms. The van der Waals surface area contributed by atoms with Gasteiger partial charge in [0.2, 0.25) is 0 Å². The van der Waals surface area contributed by atoms with Gasteiger partial charge in [0, 0.05) is 12.8 Å². The number of nitrogens with zero attached hydrogens (tertiary/aromatic N) is 2. The van der Waals surface area contributed by atoms with Gasteiger partial charge in [-0.15, -0.1) is 0 Å². The van der Waals surface area contributed by atoms with Crippen LogP contribution in [0.4, 0.5) is 0 Å². The van der Waals surface area contributed by atoms with Crippen LogP contribution in [0.3, 0.4) is 0 Å². The highest BCUT2D eigenvalue weighted by atomic mass is 35.5. The smallest absolute Gasteiger partial charge is 0.161 e. The molecule has 0 saturated heterocycles. The molecule has 0 aliphatic heterocycles. The third-order valence-corrected chi connectivity index (χ3v) is 2.61. The van der Waals surface area contributed by atoms with Crippen LogP contribution < -0.4 is 0 Å². The summed E-state index contributed by atoms with van der Waals surface area (Å²) in [6, 6.07) is 1.73. The van der Waals surface area contributed by atoms with Crippen molar-refractivity contribution in [1.29, 1.82) is 0 Å². The zero-order valence-electron chi connectivity index (χ0n) is 8.97. The summed E-state index contributed by atoms with van der Waals surface area (Å²) in [5, 5.41) is 0.462. The van der Waals surface area contributed by atoms with Crippen molar-refractivity contribution < 1.29 is 4.74 Å². The molecule has 0 fully saturated rings. The molecule has 3 nitrogen and oxygen atoms in total. The lowest BCUT2D eigenvalue weighted by Gasteiger charge is -2.24. The van der Waals surface area contributed by atoms with E-state index in [4.69, 9.17) is 16.3 Å². The maximum Gasteiger partial charge on any atom is 0.161 e. The summed E-state index contributed by atoms with van der Waals surface area (Å²) in [4.78, 5) is 8.50. The van der Waals surface area contributed by atoms with Gasteiger partial charge in [-0.25, -0.2) is 9.97 Å². The van der Waals surface area contributed by atoms with Gasteiger partial charge in [-0.2, -0.15) is 0 Å². The highest BCUT2D eigenvalue weighted by Gasteiger charge is 2.27. The van der Waals surface area contributed by atoms with Gasteiger partial charge in [-0.3, -0.25) is 0 Å². The second-order valence-corrected chi connectivity index (χ2v) is 3.83. The number of ether oxygens (including phenoxy) is 1. The second kappa shape index (κ2) is 4.24. The molecule has 1 unspecified atom stereocenters. The molecule has 0 spiro atoms. The number of methoxy groups -OCH3 is 1. The maximum absolute atomic E-state index is 5.86. The van der Waals surface area contributed by atoms with Gasteiger partial charge in [-0.05, 0) is 26.3 Å². The first-order valence-electron chi connectivity index (χ1n) is 4.58. The monoisotopic (exact) mass is 214 g/mol. The van der Waals surface area contributed by atoms with Crippen molar-refractivity contribution in [2.45, 2.75) is 32.8 Å². The Morgan fingerprint density at radius 1 is 1.50 bits per heavy atom. The van der Waals surface area contributed by atoms with E-state index in [9.17, 15) is 0 Å². The fourth-order valence-electron chi connectivity index (χ4n) is 1.16. The fourth-order valence-corrected chi connectivity index (χ4v) is 1.40. The first-order chi connectivity index (χ1) is 6.51. The molecule has 0 radical (unpaired) electrons. The first-order valence-corrected chi connectivity index (χ1v) is 4.96. The van der Waals surface area contributed by atoms with Crippen LogP contribution in [-0.4, -0.2) is 17.1 Å². The van der Waals surface area contributed by atoms with E-state index in [0.29, 0.717) is 11.0 Å². The number of hydrogen-bond acceptors (Lipinski definition) is 3. The molecular weight excluding hydrogens is 200 g/mol. The van der Waals surface area contributed by atoms with Crippen LogP contribution >= 0.6 is 11.6 Å². The van der Waals surface area contributed by atoms with E-state index in [1.807, 2.05) is 20.8 Å². The van der Waals surface area contributed by atoms with Crippen LogP contribution in [-0.2, 0) is 10.3 Å². The van der Waals surface area contributed by atoms with E-state index >= 15 is 0 Å². The summed E-state index contributed by atoms with van der Waals surface area (Å²) >= 11 is 5.86. The molecule has 78 valence electrons. The predicted molar refractivity (Wildman–Crippen MR) is 56.4 cm³/mol. The molecule has 14 heavy (non-hydrogen) atoms. The zero-order chi connectivity index (χ0) is 10.8. The van der Waals surface area contributed by atoms with Crippen LogP contribution in [0.2, 0.25) is 5.15 Å². The Balaban J connectivity index is 3.17. The minimum Gasteiger partial charge on any atom is -0.371 e. The molecule has 0 aliphatic carbocycles. The van der Waals surface area contributed by atoms with E-state index in [2.05, 4.69) is 9.97 Å². The summed E-state index contributed by atoms with van der Waals surface area (Å²) in [5.74, 6) is 0.646. The summed E-state index contributed by atoms with van der Waals surface area (Å²) < 4.78 is 5.40. The quantitative estimate of drug-likeness (QED) is 0.726. The second-order valence-electron chi connectivity index (χ2n) is 3.44. The number of rotatable bonds is 3. The normalized spacial score (nSPS) is 15.2. The first kappa shape index (κ1) is 11.4. The van der Waals surface area contributed by atoms with Gasteiger partial charge in [-0.1, -0.05) is 18.5 Å². The average Bonchev–Trinajstić information content (AvgIpc) is 2.15. The van der Waals surface area contributed by atoms with Crippen molar-refractivity contribution in [2.75, 3.05) is 7.11 Å². The molecule has 1 rings (SSSR count). The fraction of sp³-hybridized carbons (Fsp3) is 0.600. The van der Waals surface area contributed by atoms with Gasteiger partial charge in [0.05, 0.1) is 0 Å². The topological polar surface area (TPSA) is 35.0 Å². The lowest BCUT2D eigenvalue weighted by molar-refractivity contribution is -0.00910. The van der Waals surface area contributed by atoms with Crippen molar-refractivity contribution in [3.8, 4) is 0 Å². The standard InChI is InChI=1S/C10H15ClN2O/c1-5-10(3,14-4)9-12-7(2)6-8(11)13-9/h6H,5H2,1-4H3. The number of halogens is 1. The van der Waals surface area contributed by atoms with Crippen molar-refractivity contribution in [3.05, 3.63) is 22.7 Å². The Morgan fingerprint density at radius 3 is 2.57 bits per heavy atom. The Kier molecular flexibility index (Phi) is 3.45. The molecule has 1 heterocycles. The summed E-state index contributed by atoms with van der Waals surface area (Å²) in [5.41, 5.74) is 0.409. The van der Waals surface area contributed by atoms with E-state index in [1.54, 1.807) is 13.2 Å². The van der Waals surface area contributed by atoms with Gasteiger partial charge in [0.1, 0.15) is 10.8 Å². The van der Waals surface area contributed by atoms with Gasteiger partial charge in [0.25, 0.3) is 0 Å². The molecule has 1 aromatic heterocycles. The lowest BCUT2D eigenvalue weighted by Crippen LogP contribution is -2.26. The van der Waals surface area contributed by atoms with Crippen LogP contribution in [0.15, 0.2) is 6.07 Å². The molecule has 1 atom stereocenters. The Hall–Kier alpha value is -0.670. The average molecular weight is 215 g/mol. The minimum absolute atomic E-state index is 0.449. The molecule has 0 saturated carbocycles. The molecule has 0 aromatic carbocycles. The molecular formula is C10H15ClN2O. The maximum atomic E-state index is 5.86. The van der Waals surface area contributed by atoms with Gasteiger partial charge in [0.15, 0.2) is 5.82 Å². The third kappa shape index (κ3) is 2.22. The van der Waals surface area contributed by atoms with Gasteiger partial charge < -0.3 is 4.74 Å². The van der Waals surface area contributed by atoms with Crippen molar-refractivity contribution in [3.63, 3.8) is 0 Å². The van der Waals surface area contributed by atoms with E-state index < -0.39 is 5.60 Å². The van der Waals surface area contributed by atoms with Crippen LogP contribution in [0, 0.1) is 6.92 Å². The summed E-state index contributed by atoms with van der Waals surface area (Å²) in [6.45, 7) is 5.88. The van der Waals surface area contributed by atoms with Crippen molar-refractivity contribution in [1.82, 2.24) is 9.97 Å². The van der Waals surface area contributed by atoms with E-state index in [0.717, 1.165) is 12.1 Å². The number of aryl methyl sites for hydroxylation is 1. The lowest BCUT2D eigenvalue weighted by atomic mass is 10.0. The Bertz CT molecular complexity index is 304. The summed E-state index contributed by atoms with van der Waals surface area (Å²) in [7, 11) is 1.66. The molecule has 1 aromatic rings. The SMILES string of the molecule is CCC(C)(OC)c1nc(C)cc(Cl)n1. The van der Waals surface area contributed by atoms with E-state index in [-0.39, 0.29) is 0 Å². The molecule has 0 N–H and O–H groups in total. The van der Waals surface area contributed by atoms with Gasteiger partial charge >= 0.3 is 0 Å². The van der Waals surface area contributed by atoms with Crippen LogP contribution in [0.1, 0.15) is 31.8 Å². The van der Waals surface area contributed by atoms with Crippen LogP contribution in [0.25, 0.3) is 0 Å². The molecule has 0 amide bonds. The largest absolute Gasteiger partial charge is 0.371 e. The van der Waals surface area contributed by atoms with E-state index in [1.165, 1.54) is 0 Å². The highest BCUT2D eigenvalue weighted by Crippen LogP contribution is 2.26. The van der Waals surface area contributed by atoms with Crippen LogP contribution in [0.5, 0.6) is 0 Å². The minimum atomic E-state index is -0.449. The Labute approximate surface area is 89.5 Å². The highest BCUT2D eigenvalue weighted by molar-refractivity contribution is 6.29. The summed E-state index contributed by atoms with van der Waals surface area (Å²) in [6.07, 6.45) is 0.809. The molecule has 0 bridgehead atoms. The van der Waals surface area contributed by atoms with Crippen molar-refractivity contribution >= 4 is 11.6 Å². The predicted octanol–water partition coefficient (Wildman–Crippen LogP) is 2.71. The third-order valence-electron chi connectivity index (χ3n) is 2.42. The van der Waals surface area contributed by atoms with Crippen molar-refractivity contribution in [2.24, 2.45) is 0 Å². The Morgan fingerprint density at radius 2 is 2.14 bits per heavy atom.